The number of nitrogens with one attached hydrogen (secondary N) is 1. The number of carbonyl (C=O) groups is 2. The lowest BCUT2D eigenvalue weighted by atomic mass is 10.1. The van der Waals surface area contributed by atoms with Crippen LogP contribution < -0.4 is 23.8 Å². The molecule has 3 aromatic rings. The fourth-order valence-corrected chi connectivity index (χ4v) is 6.12. The number of nitrogens with zero attached hydrogens (tertiary/aromatic N) is 2. The molecule has 10 nitrogen and oxygen atoms in total. The van der Waals surface area contributed by atoms with Crippen molar-refractivity contribution in [3.05, 3.63) is 78.4 Å². The number of anilines is 1. The van der Waals surface area contributed by atoms with E-state index < -0.39 is 28.5 Å². The molecule has 0 saturated heterocycles. The van der Waals surface area contributed by atoms with Crippen molar-refractivity contribution in [1.82, 2.24) is 10.2 Å². The molecule has 0 unspecified atom stereocenters. The standard InChI is InChI=1S/C31H37N3O7S/c1-4-16-32-31(36)27(5-2)33(21-23-10-9-11-25(19-23)39-3)30(35)22-34(42(37,38)26-12-7-6-8-13-26)24-14-15-28-29(20-24)41-18-17-40-28/h6-15,19-20,27H,4-5,16-18,21-22H2,1-3H3,(H,32,36)/t27-/m1/s1. The average molecular weight is 596 g/mol. The zero-order valence-electron chi connectivity index (χ0n) is 24.1. The Balaban J connectivity index is 1.75. The molecule has 0 fully saturated rings. The predicted molar refractivity (Wildman–Crippen MR) is 159 cm³/mol. The molecule has 11 heteroatoms. The molecule has 1 aliphatic heterocycles. The van der Waals surface area contributed by atoms with Gasteiger partial charge in [-0.15, -0.1) is 0 Å². The van der Waals surface area contributed by atoms with Gasteiger partial charge in [-0.3, -0.25) is 13.9 Å². The van der Waals surface area contributed by atoms with Crippen LogP contribution in [-0.2, 0) is 26.2 Å². The monoisotopic (exact) mass is 595 g/mol. The molecule has 1 atom stereocenters. The van der Waals surface area contributed by atoms with Gasteiger partial charge in [0.1, 0.15) is 31.5 Å². The second-order valence-corrected chi connectivity index (χ2v) is 11.6. The highest BCUT2D eigenvalue weighted by molar-refractivity contribution is 7.92. The first kappa shape index (κ1) is 30.7. The lowest BCUT2D eigenvalue weighted by molar-refractivity contribution is -0.140. The third-order valence-corrected chi connectivity index (χ3v) is 8.63. The van der Waals surface area contributed by atoms with Crippen LogP contribution in [0.3, 0.4) is 0 Å². The SMILES string of the molecule is CCCNC(=O)[C@@H](CC)N(Cc1cccc(OC)c1)C(=O)CN(c1ccc2c(c1)OCCO2)S(=O)(=O)c1ccccc1. The van der Waals surface area contributed by atoms with Crippen LogP contribution in [0, 0.1) is 0 Å². The lowest BCUT2D eigenvalue weighted by Crippen LogP contribution is -2.52. The number of amides is 2. The van der Waals surface area contributed by atoms with E-state index in [4.69, 9.17) is 14.2 Å². The van der Waals surface area contributed by atoms with Gasteiger partial charge in [0.05, 0.1) is 17.7 Å². The molecule has 224 valence electrons. The number of methoxy groups -OCH3 is 1. The Kier molecular flexibility index (Phi) is 10.3. The zero-order valence-corrected chi connectivity index (χ0v) is 24.9. The Morgan fingerprint density at radius 1 is 0.952 bits per heavy atom. The summed E-state index contributed by atoms with van der Waals surface area (Å²) in [5, 5.41) is 2.88. The van der Waals surface area contributed by atoms with E-state index in [9.17, 15) is 18.0 Å². The molecular formula is C31H37N3O7S. The quantitative estimate of drug-likeness (QED) is 0.318. The maximum atomic E-state index is 14.2. The maximum Gasteiger partial charge on any atom is 0.264 e. The van der Waals surface area contributed by atoms with Crippen molar-refractivity contribution in [2.75, 3.05) is 37.7 Å². The minimum atomic E-state index is -4.19. The minimum absolute atomic E-state index is 0.0276. The van der Waals surface area contributed by atoms with Gasteiger partial charge in [0.2, 0.25) is 11.8 Å². The summed E-state index contributed by atoms with van der Waals surface area (Å²) in [5.74, 6) is 0.649. The molecule has 1 aliphatic rings. The molecule has 4 rings (SSSR count). The number of ether oxygens (including phenoxy) is 3. The van der Waals surface area contributed by atoms with Crippen LogP contribution in [0.15, 0.2) is 77.7 Å². The molecule has 0 bridgehead atoms. The normalized spacial score (nSPS) is 13.1. The van der Waals surface area contributed by atoms with Gasteiger partial charge in [0, 0.05) is 19.2 Å². The third-order valence-electron chi connectivity index (χ3n) is 6.85. The van der Waals surface area contributed by atoms with Crippen molar-refractivity contribution >= 4 is 27.5 Å². The largest absolute Gasteiger partial charge is 0.497 e. The zero-order chi connectivity index (χ0) is 30.1. The molecule has 2 amide bonds. The lowest BCUT2D eigenvalue weighted by Gasteiger charge is -2.33. The summed E-state index contributed by atoms with van der Waals surface area (Å²) in [5.41, 5.74) is 0.975. The second kappa shape index (κ2) is 14.1. The van der Waals surface area contributed by atoms with Crippen molar-refractivity contribution in [3.63, 3.8) is 0 Å². The topological polar surface area (TPSA) is 114 Å². The number of benzene rings is 3. The van der Waals surface area contributed by atoms with Gasteiger partial charge >= 0.3 is 0 Å². The molecule has 0 aromatic heterocycles. The van der Waals surface area contributed by atoms with Crippen LogP contribution in [-0.4, -0.2) is 64.6 Å². The molecular weight excluding hydrogens is 558 g/mol. The van der Waals surface area contributed by atoms with Crippen molar-refractivity contribution in [1.29, 1.82) is 0 Å². The summed E-state index contributed by atoms with van der Waals surface area (Å²) >= 11 is 0. The first-order chi connectivity index (χ1) is 20.3. The first-order valence-electron chi connectivity index (χ1n) is 14.0. The van der Waals surface area contributed by atoms with Crippen LogP contribution in [0.1, 0.15) is 32.3 Å². The van der Waals surface area contributed by atoms with Crippen LogP contribution in [0.4, 0.5) is 5.69 Å². The molecule has 0 saturated carbocycles. The van der Waals surface area contributed by atoms with Gasteiger partial charge in [-0.2, -0.15) is 0 Å². The Hall–Kier alpha value is -4.25. The van der Waals surface area contributed by atoms with Gasteiger partial charge in [0.25, 0.3) is 10.0 Å². The van der Waals surface area contributed by atoms with E-state index in [-0.39, 0.29) is 23.0 Å². The fourth-order valence-electron chi connectivity index (χ4n) is 4.69. The Morgan fingerprint density at radius 3 is 2.38 bits per heavy atom. The second-order valence-electron chi connectivity index (χ2n) is 9.74. The third kappa shape index (κ3) is 7.14. The number of fused-ring (bicyclic) bond motifs is 1. The molecule has 0 radical (unpaired) electrons. The van der Waals surface area contributed by atoms with Gasteiger partial charge in [-0.1, -0.05) is 44.2 Å². The van der Waals surface area contributed by atoms with E-state index >= 15 is 0 Å². The number of hydrogen-bond donors (Lipinski definition) is 1. The van der Waals surface area contributed by atoms with Crippen LogP contribution >= 0.6 is 0 Å². The Labute approximate surface area is 247 Å². The summed E-state index contributed by atoms with van der Waals surface area (Å²) in [6.07, 6.45) is 1.07. The summed E-state index contributed by atoms with van der Waals surface area (Å²) in [4.78, 5) is 28.9. The van der Waals surface area contributed by atoms with Crippen molar-refractivity contribution in [2.45, 2.75) is 44.2 Å². The Bertz CT molecular complexity index is 1480. The van der Waals surface area contributed by atoms with Gasteiger partial charge in [-0.25, -0.2) is 8.42 Å². The number of rotatable bonds is 13. The summed E-state index contributed by atoms with van der Waals surface area (Å²) < 4.78 is 45.7. The van der Waals surface area contributed by atoms with E-state index in [0.29, 0.717) is 43.4 Å². The van der Waals surface area contributed by atoms with E-state index in [2.05, 4.69) is 5.32 Å². The molecule has 42 heavy (non-hydrogen) atoms. The van der Waals surface area contributed by atoms with Gasteiger partial charge in [0.15, 0.2) is 11.5 Å². The van der Waals surface area contributed by atoms with Crippen LogP contribution in [0.5, 0.6) is 17.2 Å². The van der Waals surface area contributed by atoms with Gasteiger partial charge < -0.3 is 24.4 Å². The minimum Gasteiger partial charge on any atom is -0.497 e. The van der Waals surface area contributed by atoms with Crippen molar-refractivity contribution < 1.29 is 32.2 Å². The Morgan fingerprint density at radius 2 is 1.69 bits per heavy atom. The maximum absolute atomic E-state index is 14.2. The van der Waals surface area contributed by atoms with Crippen LogP contribution in [0.25, 0.3) is 0 Å². The highest BCUT2D eigenvalue weighted by Gasteiger charge is 2.34. The summed E-state index contributed by atoms with van der Waals surface area (Å²) in [6, 6.07) is 19.1. The summed E-state index contributed by atoms with van der Waals surface area (Å²) in [7, 11) is -2.64. The number of carbonyl (C=O) groups excluding carboxylic acids is 2. The van der Waals surface area contributed by atoms with Crippen molar-refractivity contribution in [3.8, 4) is 17.2 Å². The van der Waals surface area contributed by atoms with Crippen LogP contribution in [0.2, 0.25) is 0 Å². The number of sulfonamides is 1. The molecule has 0 spiro atoms. The molecule has 1 N–H and O–H groups in total. The highest BCUT2D eigenvalue weighted by Crippen LogP contribution is 2.36. The van der Waals surface area contributed by atoms with E-state index in [0.717, 1.165) is 16.3 Å². The average Bonchev–Trinajstić information content (AvgIpc) is 3.02. The van der Waals surface area contributed by atoms with E-state index in [1.165, 1.54) is 17.0 Å². The molecule has 0 aliphatic carbocycles. The highest BCUT2D eigenvalue weighted by atomic mass is 32.2. The van der Waals surface area contributed by atoms with Gasteiger partial charge in [-0.05, 0) is 54.8 Å². The van der Waals surface area contributed by atoms with E-state index in [1.807, 2.05) is 19.9 Å². The first-order valence-corrected chi connectivity index (χ1v) is 15.4. The van der Waals surface area contributed by atoms with Crippen molar-refractivity contribution in [2.24, 2.45) is 0 Å². The van der Waals surface area contributed by atoms with E-state index in [1.54, 1.807) is 61.7 Å². The number of hydrogen-bond acceptors (Lipinski definition) is 7. The fraction of sp³-hybridized carbons (Fsp3) is 0.355. The predicted octanol–water partition coefficient (Wildman–Crippen LogP) is 4.00. The molecule has 3 aromatic carbocycles. The smallest absolute Gasteiger partial charge is 0.264 e. The molecule has 1 heterocycles. The summed E-state index contributed by atoms with van der Waals surface area (Å²) in [6.45, 7) is 4.46.